The zero-order chi connectivity index (χ0) is 12.5. The van der Waals surface area contributed by atoms with Crippen molar-refractivity contribution in [3.8, 4) is 5.88 Å². The van der Waals surface area contributed by atoms with Gasteiger partial charge in [-0.2, -0.15) is 4.98 Å². The molecule has 0 saturated heterocycles. The van der Waals surface area contributed by atoms with Crippen LogP contribution >= 0.6 is 0 Å². The van der Waals surface area contributed by atoms with E-state index in [9.17, 15) is 0 Å². The lowest BCUT2D eigenvalue weighted by molar-refractivity contribution is 0.396. The van der Waals surface area contributed by atoms with Gasteiger partial charge in [0.1, 0.15) is 0 Å². The zero-order valence-corrected chi connectivity index (χ0v) is 10.5. The summed E-state index contributed by atoms with van der Waals surface area (Å²) in [6.45, 7) is 1.66. The van der Waals surface area contributed by atoms with Crippen LogP contribution in [0.2, 0.25) is 0 Å². The molecule has 94 valence electrons. The largest absolute Gasteiger partial charge is 0.481 e. The molecule has 1 aliphatic heterocycles. The van der Waals surface area contributed by atoms with Crippen LogP contribution < -0.4 is 9.64 Å². The van der Waals surface area contributed by atoms with Crippen molar-refractivity contribution in [2.75, 3.05) is 18.6 Å². The molecule has 0 fully saturated rings. The molecular formula is C12H15N5O. The van der Waals surface area contributed by atoms with Gasteiger partial charge in [-0.25, -0.2) is 9.97 Å². The van der Waals surface area contributed by atoms with Crippen molar-refractivity contribution in [3.63, 3.8) is 0 Å². The first-order valence-electron chi connectivity index (χ1n) is 5.89. The van der Waals surface area contributed by atoms with Gasteiger partial charge in [-0.15, -0.1) is 0 Å². The predicted octanol–water partition coefficient (Wildman–Crippen LogP) is 0.781. The summed E-state index contributed by atoms with van der Waals surface area (Å²) >= 11 is 0. The SMILES string of the molecule is COc1ccnc(N2CCc3c(ncn3C)C2)n1. The first kappa shape index (κ1) is 11.0. The Morgan fingerprint density at radius 3 is 3.06 bits per heavy atom. The number of nitrogens with zero attached hydrogens (tertiary/aromatic N) is 5. The van der Waals surface area contributed by atoms with Gasteiger partial charge < -0.3 is 14.2 Å². The van der Waals surface area contributed by atoms with E-state index in [0.29, 0.717) is 11.8 Å². The zero-order valence-electron chi connectivity index (χ0n) is 10.5. The average Bonchev–Trinajstić information content (AvgIpc) is 2.80. The van der Waals surface area contributed by atoms with Crippen LogP contribution in [0.5, 0.6) is 5.88 Å². The minimum atomic E-state index is 0.590. The van der Waals surface area contributed by atoms with Crippen LogP contribution in [0.15, 0.2) is 18.6 Å². The molecule has 0 bridgehead atoms. The molecular weight excluding hydrogens is 230 g/mol. The first-order chi connectivity index (χ1) is 8.78. The van der Waals surface area contributed by atoms with Gasteiger partial charge in [0.15, 0.2) is 0 Å². The fourth-order valence-electron chi connectivity index (χ4n) is 2.23. The van der Waals surface area contributed by atoms with Gasteiger partial charge in [0.05, 0.1) is 25.7 Å². The summed E-state index contributed by atoms with van der Waals surface area (Å²) in [4.78, 5) is 15.2. The van der Waals surface area contributed by atoms with Gasteiger partial charge in [0, 0.05) is 38.0 Å². The molecule has 0 saturated carbocycles. The molecule has 0 aromatic carbocycles. The number of hydrogen-bond acceptors (Lipinski definition) is 5. The number of anilines is 1. The predicted molar refractivity (Wildman–Crippen MR) is 66.5 cm³/mol. The lowest BCUT2D eigenvalue weighted by atomic mass is 10.1. The van der Waals surface area contributed by atoms with Gasteiger partial charge in [0.25, 0.3) is 0 Å². The Kier molecular flexibility index (Phi) is 2.62. The Labute approximate surface area is 105 Å². The van der Waals surface area contributed by atoms with Gasteiger partial charge >= 0.3 is 0 Å². The van der Waals surface area contributed by atoms with E-state index in [-0.39, 0.29) is 0 Å². The normalized spacial score (nSPS) is 14.4. The number of hydrogen-bond donors (Lipinski definition) is 0. The molecule has 3 heterocycles. The van der Waals surface area contributed by atoms with Crippen LogP contribution in [0.25, 0.3) is 0 Å². The molecule has 0 N–H and O–H groups in total. The Balaban J connectivity index is 1.87. The minimum absolute atomic E-state index is 0.590. The minimum Gasteiger partial charge on any atom is -0.481 e. The van der Waals surface area contributed by atoms with E-state index < -0.39 is 0 Å². The van der Waals surface area contributed by atoms with Crippen LogP contribution in [-0.4, -0.2) is 33.2 Å². The smallest absolute Gasteiger partial charge is 0.228 e. The molecule has 2 aromatic heterocycles. The number of ether oxygens (including phenoxy) is 1. The van der Waals surface area contributed by atoms with E-state index in [4.69, 9.17) is 4.74 Å². The molecule has 6 nitrogen and oxygen atoms in total. The summed E-state index contributed by atoms with van der Waals surface area (Å²) in [5.41, 5.74) is 2.41. The summed E-state index contributed by atoms with van der Waals surface area (Å²) in [5, 5.41) is 0. The third-order valence-electron chi connectivity index (χ3n) is 3.21. The van der Waals surface area contributed by atoms with Crippen molar-refractivity contribution in [2.45, 2.75) is 13.0 Å². The number of imidazole rings is 1. The molecule has 0 amide bonds. The summed E-state index contributed by atoms with van der Waals surface area (Å²) in [7, 11) is 3.64. The van der Waals surface area contributed by atoms with Crippen LogP contribution in [0, 0.1) is 0 Å². The second-order valence-corrected chi connectivity index (χ2v) is 4.32. The molecule has 3 rings (SSSR count). The topological polar surface area (TPSA) is 56.1 Å². The maximum Gasteiger partial charge on any atom is 0.228 e. The highest BCUT2D eigenvalue weighted by molar-refractivity contribution is 5.36. The van der Waals surface area contributed by atoms with Crippen molar-refractivity contribution in [3.05, 3.63) is 30.0 Å². The summed E-state index contributed by atoms with van der Waals surface area (Å²) in [5.74, 6) is 1.29. The van der Waals surface area contributed by atoms with E-state index in [1.807, 2.05) is 13.4 Å². The van der Waals surface area contributed by atoms with Gasteiger partial charge in [-0.1, -0.05) is 0 Å². The summed E-state index contributed by atoms with van der Waals surface area (Å²) < 4.78 is 7.20. The van der Waals surface area contributed by atoms with Crippen molar-refractivity contribution in [2.24, 2.45) is 7.05 Å². The molecule has 0 spiro atoms. The molecule has 0 atom stereocenters. The Morgan fingerprint density at radius 1 is 1.33 bits per heavy atom. The van der Waals surface area contributed by atoms with E-state index in [1.165, 1.54) is 5.69 Å². The van der Waals surface area contributed by atoms with Crippen molar-refractivity contribution >= 4 is 5.95 Å². The number of aryl methyl sites for hydroxylation is 1. The number of fused-ring (bicyclic) bond motifs is 1. The molecule has 0 radical (unpaired) electrons. The Hall–Kier alpha value is -2.11. The van der Waals surface area contributed by atoms with E-state index in [2.05, 4.69) is 24.4 Å². The maximum absolute atomic E-state index is 5.12. The van der Waals surface area contributed by atoms with Crippen molar-refractivity contribution in [1.82, 2.24) is 19.5 Å². The standard InChI is InChI=1S/C12H15N5O/c1-16-8-14-9-7-17(6-4-10(9)16)12-13-5-3-11(15-12)18-2/h3,5,8H,4,6-7H2,1-2H3. The number of aromatic nitrogens is 4. The van der Waals surface area contributed by atoms with Gasteiger partial charge in [-0.3, -0.25) is 0 Å². The van der Waals surface area contributed by atoms with Crippen LogP contribution in [-0.2, 0) is 20.0 Å². The van der Waals surface area contributed by atoms with Gasteiger partial charge in [0.2, 0.25) is 11.8 Å². The van der Waals surface area contributed by atoms with E-state index in [1.54, 1.807) is 19.4 Å². The monoisotopic (exact) mass is 245 g/mol. The molecule has 18 heavy (non-hydrogen) atoms. The second-order valence-electron chi connectivity index (χ2n) is 4.32. The summed E-state index contributed by atoms with van der Waals surface area (Å²) in [6.07, 6.45) is 4.54. The Morgan fingerprint density at radius 2 is 2.22 bits per heavy atom. The number of methoxy groups -OCH3 is 1. The summed E-state index contributed by atoms with van der Waals surface area (Å²) in [6, 6.07) is 1.75. The fraction of sp³-hybridized carbons (Fsp3) is 0.417. The quantitative estimate of drug-likeness (QED) is 0.782. The number of rotatable bonds is 2. The molecule has 0 aliphatic carbocycles. The fourth-order valence-corrected chi connectivity index (χ4v) is 2.23. The van der Waals surface area contributed by atoms with Crippen LogP contribution in [0.1, 0.15) is 11.4 Å². The maximum atomic E-state index is 5.12. The lowest BCUT2D eigenvalue weighted by Crippen LogP contribution is -2.32. The highest BCUT2D eigenvalue weighted by atomic mass is 16.5. The molecule has 0 unspecified atom stereocenters. The van der Waals surface area contributed by atoms with Crippen LogP contribution in [0.4, 0.5) is 5.95 Å². The molecule has 6 heteroatoms. The van der Waals surface area contributed by atoms with Crippen molar-refractivity contribution in [1.29, 1.82) is 0 Å². The van der Waals surface area contributed by atoms with Crippen LogP contribution in [0.3, 0.4) is 0 Å². The third-order valence-corrected chi connectivity index (χ3v) is 3.21. The highest BCUT2D eigenvalue weighted by Crippen LogP contribution is 2.21. The molecule has 1 aliphatic rings. The lowest BCUT2D eigenvalue weighted by Gasteiger charge is -2.26. The highest BCUT2D eigenvalue weighted by Gasteiger charge is 2.21. The van der Waals surface area contributed by atoms with E-state index in [0.717, 1.165) is 25.2 Å². The van der Waals surface area contributed by atoms with Gasteiger partial charge in [-0.05, 0) is 0 Å². The molecule has 2 aromatic rings. The Bertz CT molecular complexity index is 565. The van der Waals surface area contributed by atoms with E-state index >= 15 is 0 Å². The first-order valence-corrected chi connectivity index (χ1v) is 5.89. The second kappa shape index (κ2) is 4.29. The third kappa shape index (κ3) is 1.79. The average molecular weight is 245 g/mol. The van der Waals surface area contributed by atoms with Crippen molar-refractivity contribution < 1.29 is 4.74 Å².